The summed E-state index contributed by atoms with van der Waals surface area (Å²) >= 11 is 13.1. The summed E-state index contributed by atoms with van der Waals surface area (Å²) in [6.07, 6.45) is 29.0. The van der Waals surface area contributed by atoms with Gasteiger partial charge < -0.3 is 24.5 Å². The summed E-state index contributed by atoms with van der Waals surface area (Å²) in [6.45, 7) is 18.0. The van der Waals surface area contributed by atoms with Gasteiger partial charge in [-0.3, -0.25) is 33.9 Å². The molecule has 0 spiro atoms. The molecule has 0 aliphatic heterocycles. The van der Waals surface area contributed by atoms with Crippen LogP contribution in [-0.2, 0) is 32.1 Å². The van der Waals surface area contributed by atoms with Crippen molar-refractivity contribution < 1.29 is 28.4 Å². The quantitative estimate of drug-likeness (QED) is 0.0316. The van der Waals surface area contributed by atoms with E-state index in [1.165, 1.54) is 31.1 Å². The first kappa shape index (κ1) is 95.8. The molecule has 5 heterocycles. The molecule has 0 bridgehead atoms. The van der Waals surface area contributed by atoms with Crippen LogP contribution in [0.2, 0.25) is 10.0 Å². The smallest absolute Gasteiger partial charge is 0.167 e. The van der Waals surface area contributed by atoms with Gasteiger partial charge in [0, 0.05) is 129 Å². The summed E-state index contributed by atoms with van der Waals surface area (Å²) in [6, 6.07) is 77.8. The first-order chi connectivity index (χ1) is 62.7. The average molecular weight is 1770 g/mol. The fraction of sp³-hybridized carbons (Fsp3) is 0.183. The van der Waals surface area contributed by atoms with Crippen LogP contribution in [0.3, 0.4) is 0 Å². The Balaban J connectivity index is 0.000000157. The number of nitrogens with zero attached hydrogens (tertiary/aromatic N) is 13. The molecule has 21 heteroatoms. The van der Waals surface area contributed by atoms with E-state index >= 15 is 0 Å². The Bertz CT molecular complexity index is 6220. The molecule has 0 radical (unpaired) electrons. The Labute approximate surface area is 771 Å². The van der Waals surface area contributed by atoms with Crippen LogP contribution in [0.5, 0.6) is 0 Å². The number of carbonyl (C=O) groups is 5. The highest BCUT2D eigenvalue weighted by atomic mass is 35.5. The van der Waals surface area contributed by atoms with E-state index in [1.54, 1.807) is 85.8 Å². The number of pyridine rings is 2. The normalized spacial score (nSPS) is 10.6. The lowest BCUT2D eigenvalue weighted by Crippen LogP contribution is -2.23. The zero-order valence-electron chi connectivity index (χ0n) is 74.8. The first-order valence-corrected chi connectivity index (χ1v) is 43.3. The predicted octanol–water partition coefficient (Wildman–Crippen LogP) is 24.3. The highest BCUT2D eigenvalue weighted by Gasteiger charge is 2.22. The Morgan fingerprint density at radius 3 is 0.977 bits per heavy atom. The minimum Gasteiger partial charge on any atom is -0.343 e. The summed E-state index contributed by atoms with van der Waals surface area (Å²) in [7, 11) is 5.80. The molecule has 10 aromatic carbocycles. The van der Waals surface area contributed by atoms with Gasteiger partial charge in [-0.15, -0.1) is 6.42 Å². The topological polar surface area (TPSA) is 205 Å². The molecule has 0 saturated heterocycles. The number of rotatable bonds is 29. The van der Waals surface area contributed by atoms with Crippen molar-refractivity contribution in [2.45, 2.75) is 87.5 Å². The number of hydrogen-bond donors (Lipinski definition) is 0. The molecule has 0 fully saturated rings. The van der Waals surface area contributed by atoms with E-state index in [2.05, 4.69) is 105 Å². The summed E-state index contributed by atoms with van der Waals surface area (Å²) in [5.41, 5.74) is 21.9. The lowest BCUT2D eigenvalue weighted by atomic mass is 10.0. The van der Waals surface area contributed by atoms with Crippen LogP contribution < -0.4 is 24.5 Å². The van der Waals surface area contributed by atoms with Gasteiger partial charge in [0.25, 0.3) is 0 Å². The molecule has 656 valence electrons. The van der Waals surface area contributed by atoms with Crippen molar-refractivity contribution >= 4 is 109 Å². The first-order valence-electron chi connectivity index (χ1n) is 42.6. The summed E-state index contributed by atoms with van der Waals surface area (Å²) in [5.74, 6) is 3.33. The number of halogens is 3. The van der Waals surface area contributed by atoms with E-state index in [1.807, 2.05) is 254 Å². The van der Waals surface area contributed by atoms with Crippen LogP contribution in [0, 0.1) is 57.7 Å². The lowest BCUT2D eigenvalue weighted by Gasteiger charge is -2.27. The third kappa shape index (κ3) is 28.6. The van der Waals surface area contributed by atoms with Crippen LogP contribution in [0.4, 0.5) is 61.3 Å². The number of benzene rings is 10. The monoisotopic (exact) mass is 1760 g/mol. The molecular formula is C109H104Cl2FN13O5. The molecule has 0 aliphatic carbocycles. The largest absolute Gasteiger partial charge is 0.343 e. The van der Waals surface area contributed by atoms with E-state index in [-0.39, 0.29) is 47.6 Å². The highest BCUT2D eigenvalue weighted by Crippen LogP contribution is 2.37. The number of anilines is 10. The van der Waals surface area contributed by atoms with Gasteiger partial charge in [0.1, 0.15) is 24.8 Å². The third-order valence-corrected chi connectivity index (χ3v) is 21.5. The van der Waals surface area contributed by atoms with Gasteiger partial charge in [0.05, 0.1) is 99.4 Å². The van der Waals surface area contributed by atoms with Gasteiger partial charge in [-0.1, -0.05) is 200 Å². The molecular weight excluding hydrogens is 1660 g/mol. The molecule has 18 nitrogen and oxygen atoms in total. The number of Topliss-reactive ketones (excluding diaryl/α,β-unsaturated/α-hetero) is 5. The molecule has 0 unspecified atom stereocenters. The zero-order chi connectivity index (χ0) is 92.6. The maximum absolute atomic E-state index is 14.1. The van der Waals surface area contributed by atoms with Crippen LogP contribution in [0.25, 0.3) is 0 Å². The van der Waals surface area contributed by atoms with Crippen molar-refractivity contribution in [1.29, 1.82) is 0 Å². The Kier molecular flexibility index (Phi) is 35.1. The van der Waals surface area contributed by atoms with Crippen LogP contribution in [0.15, 0.2) is 330 Å². The Morgan fingerprint density at radius 2 is 0.631 bits per heavy atom. The van der Waals surface area contributed by atoms with Crippen molar-refractivity contribution in [2.75, 3.05) is 58.7 Å². The number of hydrogen-bond acceptors (Lipinski definition) is 18. The summed E-state index contributed by atoms with van der Waals surface area (Å²) in [5, 5.41) is 1.25. The number of terminal acetylenes is 1. The Hall–Kier alpha value is -14.8. The molecule has 0 amide bonds. The molecule has 0 atom stereocenters. The minimum atomic E-state index is -0.381. The van der Waals surface area contributed by atoms with Crippen LogP contribution in [-0.4, -0.2) is 103 Å². The maximum Gasteiger partial charge on any atom is 0.167 e. The molecule has 5 aromatic heterocycles. The van der Waals surface area contributed by atoms with Gasteiger partial charge in [-0.2, -0.15) is 0 Å². The molecule has 0 saturated carbocycles. The summed E-state index contributed by atoms with van der Waals surface area (Å²) < 4.78 is 14.1. The van der Waals surface area contributed by atoms with E-state index < -0.39 is 0 Å². The minimum absolute atomic E-state index is 0.00817. The molecule has 15 aromatic rings. The number of aromatic nitrogens is 8. The molecule has 130 heavy (non-hydrogen) atoms. The van der Waals surface area contributed by atoms with Gasteiger partial charge in [0.2, 0.25) is 0 Å². The predicted molar refractivity (Wildman–Crippen MR) is 524 cm³/mol. The number of carbonyl (C=O) groups excluding carboxylic acids is 5. The standard InChI is InChI=1S/C24H22ClN3O.C23H24ClN3O.2C21H20N2O.C20H18FN3O/c1-4-18-6-5-7-20(10-18)24(29)12-19-8-9-22(25)23(11-19)28(15-17(2)3)21-13-26-16-27-14-21;1-16(2)14-27(20-12-25-15-26-13-20)22-10-18(7-8-21(22)24)11-23(28)19-6-4-5-17(3)9-19;2*1-16-6-3-8-18(12-16)21(24)14-17-7-4-9-19(13-17)23(2)20-10-5-11-22-15-20;1-14-4-3-5-16(6-14)20(25)9-15-7-17(21)10-18(8-15)24(2)19-11-22-13-23-12-19/h1,5-11,13-14,16-17H,12,15H2,2-3H3;4-10,12-13,15-16H,11,14H2,1-3H3;2*3-13,15H,14H2,1-2H3;3-8,10-13H,9H2,1-2H3. The maximum atomic E-state index is 14.1. The number of aryl methyl sites for hydroxylation is 4. The summed E-state index contributed by atoms with van der Waals surface area (Å²) in [4.78, 5) is 106. The van der Waals surface area contributed by atoms with E-state index in [4.69, 9.17) is 29.6 Å². The zero-order valence-corrected chi connectivity index (χ0v) is 76.4. The van der Waals surface area contributed by atoms with Gasteiger partial charge in [-0.05, 0) is 195 Å². The van der Waals surface area contributed by atoms with Crippen molar-refractivity contribution in [3.05, 3.63) is 429 Å². The number of ketones is 5. The van der Waals surface area contributed by atoms with Crippen molar-refractivity contribution in [3.8, 4) is 12.3 Å². The fourth-order valence-electron chi connectivity index (χ4n) is 14.2. The van der Waals surface area contributed by atoms with E-state index in [9.17, 15) is 28.4 Å². The van der Waals surface area contributed by atoms with Gasteiger partial charge in [-0.25, -0.2) is 34.3 Å². The van der Waals surface area contributed by atoms with Crippen LogP contribution in [0.1, 0.15) is 135 Å². The molecule has 0 N–H and O–H groups in total. The second-order valence-electron chi connectivity index (χ2n) is 32.3. The molecule has 15 rings (SSSR count). The second kappa shape index (κ2) is 47.6. The van der Waals surface area contributed by atoms with Gasteiger partial charge >= 0.3 is 0 Å². The second-order valence-corrected chi connectivity index (χ2v) is 33.1. The van der Waals surface area contributed by atoms with Crippen molar-refractivity contribution in [3.63, 3.8) is 0 Å². The lowest BCUT2D eigenvalue weighted by molar-refractivity contribution is 0.0984. The van der Waals surface area contributed by atoms with Gasteiger partial charge in [0.15, 0.2) is 28.9 Å². The average Bonchev–Trinajstić information content (AvgIpc) is 0.814. The fourth-order valence-corrected chi connectivity index (χ4v) is 14.7. The SMILES string of the molecule is C#Cc1cccc(C(=O)Cc2ccc(Cl)c(N(CC(C)C)c3cncnc3)c2)c1.Cc1cccc(C(=O)Cc2cc(F)cc(N(C)c3cncnc3)c2)c1.Cc1cccc(C(=O)Cc2ccc(Cl)c(N(CC(C)C)c3cncnc3)c2)c1.Cc1cccc(C(=O)Cc2cccc(N(C)c3cccnc3)c2)c1.Cc1cccc(C(=O)Cc2cccc(N(C)c3cccnc3)c2)c1. The van der Waals surface area contributed by atoms with Crippen molar-refractivity contribution in [1.82, 2.24) is 39.9 Å². The van der Waals surface area contributed by atoms with E-state index in [0.717, 1.165) is 125 Å². The van der Waals surface area contributed by atoms with Crippen LogP contribution >= 0.6 is 23.2 Å². The van der Waals surface area contributed by atoms with Crippen molar-refractivity contribution in [2.24, 2.45) is 11.8 Å². The third-order valence-electron chi connectivity index (χ3n) is 20.9. The van der Waals surface area contributed by atoms with E-state index in [0.29, 0.717) is 69.1 Å². The molecule has 0 aliphatic rings. The Morgan fingerprint density at radius 1 is 0.323 bits per heavy atom. The highest BCUT2D eigenvalue weighted by molar-refractivity contribution is 6.34.